The van der Waals surface area contributed by atoms with Gasteiger partial charge in [0.25, 0.3) is 5.91 Å². The van der Waals surface area contributed by atoms with Gasteiger partial charge in [-0.25, -0.2) is 4.39 Å². The average molecular weight is 485 g/mol. The van der Waals surface area contributed by atoms with Gasteiger partial charge >= 0.3 is 0 Å². The molecule has 182 valence electrons. The van der Waals surface area contributed by atoms with E-state index in [0.29, 0.717) is 30.1 Å². The fourth-order valence-corrected chi connectivity index (χ4v) is 4.07. The van der Waals surface area contributed by atoms with Crippen molar-refractivity contribution in [3.05, 3.63) is 107 Å². The highest BCUT2D eigenvalue weighted by Gasteiger charge is 2.30. The normalized spacial score (nSPS) is 14.8. The van der Waals surface area contributed by atoms with Crippen molar-refractivity contribution < 1.29 is 18.8 Å². The minimum Gasteiger partial charge on any atom is -0.457 e. The van der Waals surface area contributed by atoms with E-state index in [1.54, 1.807) is 12.1 Å². The summed E-state index contributed by atoms with van der Waals surface area (Å²) in [6.45, 7) is 4.28. The van der Waals surface area contributed by atoms with Crippen molar-refractivity contribution in [3.8, 4) is 11.5 Å². The van der Waals surface area contributed by atoms with Gasteiger partial charge in [0.15, 0.2) is 0 Å². The van der Waals surface area contributed by atoms with E-state index in [1.807, 2.05) is 73.1 Å². The lowest BCUT2D eigenvalue weighted by atomic mass is 10.0. The van der Waals surface area contributed by atoms with Gasteiger partial charge in [0.2, 0.25) is 6.10 Å². The first-order chi connectivity index (χ1) is 17.5. The lowest BCUT2D eigenvalue weighted by molar-refractivity contribution is -0.125. The maximum Gasteiger partial charge on any atom is 0.268 e. The molecule has 0 spiro atoms. The van der Waals surface area contributed by atoms with Gasteiger partial charge in [-0.05, 0) is 61.4 Å². The lowest BCUT2D eigenvalue weighted by Gasteiger charge is -2.11. The standard InChI is InChI=1S/C28H25FN4O3/c1-18-27(30-28(34)26-16-25(32-36-26)21-11-13-22(29)14-12-21)19(2)33(31-18)17-20-7-6-10-24(15-20)35-23-8-4-3-5-9-23/h3-15,26H,16-17H2,1-2H3,(H,30,34). The SMILES string of the molecule is Cc1nn(Cc2cccc(Oc3ccccc3)c2)c(C)c1NC(=O)C1CC(c2ccc(F)cc2)=NO1. The molecule has 1 unspecified atom stereocenters. The second-order valence-corrected chi connectivity index (χ2v) is 8.60. The molecule has 5 rings (SSSR count). The molecule has 1 N–H and O–H groups in total. The van der Waals surface area contributed by atoms with Crippen LogP contribution >= 0.6 is 0 Å². The summed E-state index contributed by atoms with van der Waals surface area (Å²) >= 11 is 0. The Balaban J connectivity index is 1.24. The van der Waals surface area contributed by atoms with Gasteiger partial charge in [0.05, 0.1) is 29.3 Å². The van der Waals surface area contributed by atoms with Gasteiger partial charge < -0.3 is 14.9 Å². The molecular weight excluding hydrogens is 459 g/mol. The van der Waals surface area contributed by atoms with Gasteiger partial charge in [0, 0.05) is 6.42 Å². The smallest absolute Gasteiger partial charge is 0.268 e. The maximum absolute atomic E-state index is 13.2. The third-order valence-corrected chi connectivity index (χ3v) is 5.98. The number of aryl methyl sites for hydroxylation is 1. The van der Waals surface area contributed by atoms with Crippen molar-refractivity contribution in [1.29, 1.82) is 0 Å². The Hall–Kier alpha value is -4.46. The first-order valence-electron chi connectivity index (χ1n) is 11.6. The van der Waals surface area contributed by atoms with E-state index in [4.69, 9.17) is 9.57 Å². The Morgan fingerprint density at radius 3 is 2.58 bits per heavy atom. The molecule has 0 saturated heterocycles. The molecule has 1 atom stereocenters. The fraction of sp³-hybridized carbons (Fsp3) is 0.179. The zero-order valence-electron chi connectivity index (χ0n) is 19.9. The summed E-state index contributed by atoms with van der Waals surface area (Å²) in [5, 5.41) is 11.6. The number of ether oxygens (including phenoxy) is 1. The Morgan fingerprint density at radius 1 is 1.06 bits per heavy atom. The molecule has 0 fully saturated rings. The number of rotatable bonds is 7. The molecule has 7 nitrogen and oxygen atoms in total. The molecule has 36 heavy (non-hydrogen) atoms. The van der Waals surface area contributed by atoms with Crippen LogP contribution in [0.4, 0.5) is 10.1 Å². The third-order valence-electron chi connectivity index (χ3n) is 5.98. The number of anilines is 1. The van der Waals surface area contributed by atoms with Crippen LogP contribution in [0.5, 0.6) is 11.5 Å². The molecule has 1 aromatic heterocycles. The molecule has 1 aliphatic heterocycles. The van der Waals surface area contributed by atoms with Crippen LogP contribution in [-0.4, -0.2) is 27.5 Å². The number of hydrogen-bond acceptors (Lipinski definition) is 5. The quantitative estimate of drug-likeness (QED) is 0.370. The molecule has 1 aliphatic rings. The monoisotopic (exact) mass is 484 g/mol. The van der Waals surface area contributed by atoms with E-state index in [2.05, 4.69) is 15.6 Å². The molecule has 0 bridgehead atoms. The minimum atomic E-state index is -0.765. The number of aromatic nitrogens is 2. The highest BCUT2D eigenvalue weighted by atomic mass is 19.1. The highest BCUT2D eigenvalue weighted by Crippen LogP contribution is 2.25. The molecule has 4 aromatic rings. The lowest BCUT2D eigenvalue weighted by Crippen LogP contribution is -2.28. The molecule has 0 aliphatic carbocycles. The largest absolute Gasteiger partial charge is 0.457 e. The number of para-hydroxylation sites is 1. The summed E-state index contributed by atoms with van der Waals surface area (Å²) in [5.41, 5.74) is 4.53. The first kappa shape index (κ1) is 23.3. The third kappa shape index (κ3) is 5.12. The number of nitrogens with one attached hydrogen (secondary N) is 1. The number of nitrogens with zero attached hydrogens (tertiary/aromatic N) is 3. The van der Waals surface area contributed by atoms with Gasteiger partial charge in [-0.2, -0.15) is 5.10 Å². The van der Waals surface area contributed by atoms with Gasteiger partial charge in [-0.15, -0.1) is 0 Å². The number of halogens is 1. The van der Waals surface area contributed by atoms with Gasteiger partial charge in [0.1, 0.15) is 17.3 Å². The van der Waals surface area contributed by atoms with Crippen LogP contribution in [-0.2, 0) is 16.2 Å². The van der Waals surface area contributed by atoms with E-state index < -0.39 is 6.10 Å². The second-order valence-electron chi connectivity index (χ2n) is 8.60. The van der Waals surface area contributed by atoms with E-state index >= 15 is 0 Å². The molecule has 0 saturated carbocycles. The predicted molar refractivity (Wildman–Crippen MR) is 135 cm³/mol. The number of hydrogen-bond donors (Lipinski definition) is 1. The van der Waals surface area contributed by atoms with Crippen molar-refractivity contribution in [1.82, 2.24) is 9.78 Å². The number of carbonyl (C=O) groups is 1. The van der Waals surface area contributed by atoms with E-state index in [9.17, 15) is 9.18 Å². The van der Waals surface area contributed by atoms with Crippen LogP contribution < -0.4 is 10.1 Å². The Morgan fingerprint density at radius 2 is 1.81 bits per heavy atom. The molecule has 3 aromatic carbocycles. The zero-order valence-corrected chi connectivity index (χ0v) is 19.9. The van der Waals surface area contributed by atoms with Crippen molar-refractivity contribution >= 4 is 17.3 Å². The number of benzene rings is 3. The van der Waals surface area contributed by atoms with Crippen molar-refractivity contribution in [2.45, 2.75) is 32.9 Å². The van der Waals surface area contributed by atoms with Gasteiger partial charge in [-0.1, -0.05) is 47.6 Å². The average Bonchev–Trinajstić information content (AvgIpc) is 3.47. The molecule has 8 heteroatoms. The van der Waals surface area contributed by atoms with Crippen LogP contribution in [0.2, 0.25) is 0 Å². The highest BCUT2D eigenvalue weighted by molar-refractivity contribution is 6.06. The Bertz CT molecular complexity index is 1410. The van der Waals surface area contributed by atoms with Crippen molar-refractivity contribution in [2.75, 3.05) is 5.32 Å². The molecular formula is C28H25FN4O3. The molecule has 2 heterocycles. The van der Waals surface area contributed by atoms with Crippen LogP contribution in [0.15, 0.2) is 84.0 Å². The molecule has 1 amide bonds. The van der Waals surface area contributed by atoms with Crippen molar-refractivity contribution in [3.63, 3.8) is 0 Å². The maximum atomic E-state index is 13.2. The van der Waals surface area contributed by atoms with Crippen LogP contribution in [0, 0.1) is 19.7 Å². The Labute approximate surface area is 208 Å². The number of amides is 1. The summed E-state index contributed by atoms with van der Waals surface area (Å²) in [6, 6.07) is 23.4. The summed E-state index contributed by atoms with van der Waals surface area (Å²) < 4.78 is 21.0. The summed E-state index contributed by atoms with van der Waals surface area (Å²) in [7, 11) is 0. The predicted octanol–water partition coefficient (Wildman–Crippen LogP) is 5.61. The van der Waals surface area contributed by atoms with E-state index in [1.165, 1.54) is 12.1 Å². The summed E-state index contributed by atoms with van der Waals surface area (Å²) in [6.07, 6.45) is -0.461. The second kappa shape index (κ2) is 10.0. The Kier molecular flexibility index (Phi) is 6.49. The topological polar surface area (TPSA) is 77.7 Å². The molecule has 0 radical (unpaired) electrons. The first-order valence-corrected chi connectivity index (χ1v) is 11.6. The van der Waals surface area contributed by atoms with Crippen LogP contribution in [0.3, 0.4) is 0 Å². The summed E-state index contributed by atoms with van der Waals surface area (Å²) in [5.74, 6) is 0.876. The fourth-order valence-electron chi connectivity index (χ4n) is 4.07. The summed E-state index contributed by atoms with van der Waals surface area (Å²) in [4.78, 5) is 18.3. The van der Waals surface area contributed by atoms with E-state index in [-0.39, 0.29) is 11.7 Å². The van der Waals surface area contributed by atoms with Gasteiger partial charge in [-0.3, -0.25) is 9.48 Å². The van der Waals surface area contributed by atoms with Crippen LogP contribution in [0.25, 0.3) is 0 Å². The zero-order chi connectivity index (χ0) is 25.1. The van der Waals surface area contributed by atoms with Crippen LogP contribution in [0.1, 0.15) is 28.9 Å². The number of oxime groups is 1. The van der Waals surface area contributed by atoms with Crippen molar-refractivity contribution in [2.24, 2.45) is 5.16 Å². The minimum absolute atomic E-state index is 0.303. The van der Waals surface area contributed by atoms with E-state index in [0.717, 1.165) is 28.3 Å². The number of carbonyl (C=O) groups excluding carboxylic acids is 1.